The summed E-state index contributed by atoms with van der Waals surface area (Å²) in [6.45, 7) is 0. The molecule has 4 aromatic heterocycles. The highest BCUT2D eigenvalue weighted by Gasteiger charge is 2.18. The molecule has 64 heavy (non-hydrogen) atoms. The Kier molecular flexibility index (Phi) is 8.11. The first-order valence-electron chi connectivity index (χ1n) is 21.4. The van der Waals surface area contributed by atoms with Gasteiger partial charge in [0.1, 0.15) is 11.2 Å². The molecular weight excluding hydrogens is 783 g/mol. The van der Waals surface area contributed by atoms with Crippen molar-refractivity contribution in [2.75, 3.05) is 0 Å². The van der Waals surface area contributed by atoms with Crippen LogP contribution in [0, 0.1) is 0 Å². The summed E-state index contributed by atoms with van der Waals surface area (Å²) >= 11 is 0. The normalized spacial score (nSPS) is 11.8. The fraction of sp³-hybridized carbons (Fsp3) is 0. The molecule has 0 fully saturated rings. The maximum Gasteiger partial charge on any atom is 0.164 e. The van der Waals surface area contributed by atoms with Crippen molar-refractivity contribution in [3.63, 3.8) is 0 Å². The number of nitrogens with zero attached hydrogens (tertiary/aromatic N) is 5. The van der Waals surface area contributed by atoms with Crippen molar-refractivity contribution in [1.29, 1.82) is 0 Å². The lowest BCUT2D eigenvalue weighted by molar-refractivity contribution is 0.668. The zero-order valence-corrected chi connectivity index (χ0v) is 34.4. The van der Waals surface area contributed by atoms with Crippen LogP contribution in [0.2, 0.25) is 0 Å². The van der Waals surface area contributed by atoms with Crippen molar-refractivity contribution >= 4 is 65.3 Å². The number of benzene rings is 9. The highest BCUT2D eigenvalue weighted by atomic mass is 16.3. The number of hydrogen-bond donors (Lipinski definition) is 0. The SMILES string of the molecule is c1ccc(-c2cc(-c3nc(-c4ccc(-c5ccc(-n6c7ccccc7c7c8ccccc8ccc76)cc5)cc4)nc(-c4ccc5oc6ccncc6c5c4)n3)cc3ccccc23)cc1. The molecule has 9 aromatic carbocycles. The van der Waals surface area contributed by atoms with E-state index in [1.807, 2.05) is 30.5 Å². The maximum atomic E-state index is 6.15. The van der Waals surface area contributed by atoms with Crippen LogP contribution in [0.5, 0.6) is 0 Å². The Bertz CT molecular complexity index is 3940. The van der Waals surface area contributed by atoms with Crippen LogP contribution < -0.4 is 0 Å². The molecule has 13 aromatic rings. The molecule has 6 heteroatoms. The standard InChI is InChI=1S/C58H35N5O/c1-2-10-38(11-3-1)48-34-43(32-41-13-5-6-14-45(41)48)58-61-56(60-57(62-58)42-25-29-53-49(33-42)50-35-59-31-30-54(50)64-53)40-20-18-36(19-21-40)37-22-26-44(27-23-37)63-51-17-9-8-16-47(51)55-46-15-7-4-12-39(46)24-28-52(55)63/h1-35H. The van der Waals surface area contributed by atoms with E-state index in [1.165, 1.54) is 38.0 Å². The summed E-state index contributed by atoms with van der Waals surface area (Å²) in [6, 6.07) is 70.6. The van der Waals surface area contributed by atoms with Gasteiger partial charge in [0, 0.05) is 56.3 Å². The molecular formula is C58H35N5O. The molecule has 0 unspecified atom stereocenters. The quantitative estimate of drug-likeness (QED) is 0.167. The van der Waals surface area contributed by atoms with E-state index >= 15 is 0 Å². The molecule has 0 aliphatic carbocycles. The smallest absolute Gasteiger partial charge is 0.164 e. The number of furan rings is 1. The first-order chi connectivity index (χ1) is 31.7. The maximum absolute atomic E-state index is 6.15. The highest BCUT2D eigenvalue weighted by molar-refractivity contribution is 6.21. The predicted octanol–water partition coefficient (Wildman–Crippen LogP) is 14.9. The fourth-order valence-corrected chi connectivity index (χ4v) is 9.45. The van der Waals surface area contributed by atoms with Crippen LogP contribution >= 0.6 is 0 Å². The number of para-hydroxylation sites is 1. The third-order valence-electron chi connectivity index (χ3n) is 12.5. The minimum atomic E-state index is 0.576. The van der Waals surface area contributed by atoms with Gasteiger partial charge in [-0.15, -0.1) is 0 Å². The number of aromatic nitrogens is 5. The number of pyridine rings is 1. The minimum Gasteiger partial charge on any atom is -0.456 e. The second kappa shape index (κ2) is 14.4. The van der Waals surface area contributed by atoms with Crippen LogP contribution in [-0.2, 0) is 0 Å². The fourth-order valence-electron chi connectivity index (χ4n) is 9.45. The van der Waals surface area contributed by atoms with Gasteiger partial charge in [-0.2, -0.15) is 0 Å². The van der Waals surface area contributed by atoms with Gasteiger partial charge in [-0.25, -0.2) is 15.0 Å². The van der Waals surface area contributed by atoms with Crippen molar-refractivity contribution in [3.8, 4) is 62.1 Å². The highest BCUT2D eigenvalue weighted by Crippen LogP contribution is 2.39. The van der Waals surface area contributed by atoms with E-state index < -0.39 is 0 Å². The second-order valence-electron chi connectivity index (χ2n) is 16.3. The van der Waals surface area contributed by atoms with Crippen LogP contribution in [0.25, 0.3) is 127 Å². The molecule has 0 spiro atoms. The summed E-state index contributed by atoms with van der Waals surface area (Å²) in [5.41, 5.74) is 12.2. The van der Waals surface area contributed by atoms with Gasteiger partial charge in [-0.3, -0.25) is 4.98 Å². The van der Waals surface area contributed by atoms with Crippen molar-refractivity contribution in [1.82, 2.24) is 24.5 Å². The topological polar surface area (TPSA) is 69.6 Å². The summed E-state index contributed by atoms with van der Waals surface area (Å²) < 4.78 is 8.53. The molecule has 0 aliphatic heterocycles. The van der Waals surface area contributed by atoms with Gasteiger partial charge in [0.2, 0.25) is 0 Å². The Labute approximate surface area is 367 Å². The van der Waals surface area contributed by atoms with Crippen LogP contribution in [0.1, 0.15) is 0 Å². The molecule has 0 radical (unpaired) electrons. The zero-order valence-electron chi connectivity index (χ0n) is 34.4. The molecule has 0 saturated carbocycles. The first-order valence-corrected chi connectivity index (χ1v) is 21.4. The van der Waals surface area contributed by atoms with Gasteiger partial charge in [-0.1, -0.05) is 140 Å². The van der Waals surface area contributed by atoms with E-state index in [9.17, 15) is 0 Å². The third-order valence-corrected chi connectivity index (χ3v) is 12.5. The van der Waals surface area contributed by atoms with Crippen LogP contribution in [-0.4, -0.2) is 24.5 Å². The van der Waals surface area contributed by atoms with Crippen molar-refractivity contribution in [3.05, 3.63) is 213 Å². The molecule has 4 heterocycles. The summed E-state index contributed by atoms with van der Waals surface area (Å²) in [5.74, 6) is 1.76. The lowest BCUT2D eigenvalue weighted by Gasteiger charge is -2.13. The lowest BCUT2D eigenvalue weighted by atomic mass is 9.95. The molecule has 298 valence electrons. The molecule has 6 nitrogen and oxygen atoms in total. The first kappa shape index (κ1) is 36.0. The minimum absolute atomic E-state index is 0.576. The van der Waals surface area contributed by atoms with E-state index in [1.54, 1.807) is 6.20 Å². The number of rotatable bonds is 6. The van der Waals surface area contributed by atoms with Crippen molar-refractivity contribution in [2.24, 2.45) is 0 Å². The molecule has 0 saturated heterocycles. The van der Waals surface area contributed by atoms with Crippen molar-refractivity contribution < 1.29 is 4.42 Å². The van der Waals surface area contributed by atoms with E-state index in [-0.39, 0.29) is 0 Å². The summed E-state index contributed by atoms with van der Waals surface area (Å²) in [6.07, 6.45) is 3.59. The summed E-state index contributed by atoms with van der Waals surface area (Å²) in [7, 11) is 0. The van der Waals surface area contributed by atoms with Crippen molar-refractivity contribution in [2.45, 2.75) is 0 Å². The van der Waals surface area contributed by atoms with Gasteiger partial charge in [0.25, 0.3) is 0 Å². The summed E-state index contributed by atoms with van der Waals surface area (Å²) in [5, 5.41) is 9.24. The Morgan fingerprint density at radius 3 is 1.80 bits per heavy atom. The largest absolute Gasteiger partial charge is 0.456 e. The molecule has 0 N–H and O–H groups in total. The Balaban J connectivity index is 0.912. The lowest BCUT2D eigenvalue weighted by Crippen LogP contribution is -2.00. The van der Waals surface area contributed by atoms with E-state index in [0.717, 1.165) is 72.0 Å². The van der Waals surface area contributed by atoms with Crippen LogP contribution in [0.4, 0.5) is 0 Å². The van der Waals surface area contributed by atoms with Gasteiger partial charge in [0.15, 0.2) is 17.5 Å². The van der Waals surface area contributed by atoms with E-state index in [2.05, 4.69) is 185 Å². The van der Waals surface area contributed by atoms with Crippen LogP contribution in [0.3, 0.4) is 0 Å². The monoisotopic (exact) mass is 817 g/mol. The van der Waals surface area contributed by atoms with E-state index in [0.29, 0.717) is 17.5 Å². The molecule has 13 rings (SSSR count). The molecule has 0 atom stereocenters. The Morgan fingerprint density at radius 1 is 0.359 bits per heavy atom. The van der Waals surface area contributed by atoms with E-state index in [4.69, 9.17) is 19.4 Å². The average molecular weight is 818 g/mol. The van der Waals surface area contributed by atoms with Gasteiger partial charge in [0.05, 0.1) is 11.0 Å². The zero-order chi connectivity index (χ0) is 42.1. The molecule has 0 bridgehead atoms. The number of hydrogen-bond acceptors (Lipinski definition) is 5. The Morgan fingerprint density at radius 2 is 0.984 bits per heavy atom. The van der Waals surface area contributed by atoms with Crippen LogP contribution in [0.15, 0.2) is 217 Å². The van der Waals surface area contributed by atoms with Gasteiger partial charge < -0.3 is 8.98 Å². The third kappa shape index (κ3) is 5.88. The average Bonchev–Trinajstić information content (AvgIpc) is 3.92. The summed E-state index contributed by atoms with van der Waals surface area (Å²) in [4.78, 5) is 19.9. The predicted molar refractivity (Wildman–Crippen MR) is 261 cm³/mol. The van der Waals surface area contributed by atoms with Gasteiger partial charge >= 0.3 is 0 Å². The Hall–Kier alpha value is -8.74. The van der Waals surface area contributed by atoms with Gasteiger partial charge in [-0.05, 0) is 104 Å². The second-order valence-corrected chi connectivity index (χ2v) is 16.3. The molecule has 0 aliphatic rings. The molecule has 0 amide bonds. The number of fused-ring (bicyclic) bond motifs is 9.